The molecule has 0 spiro atoms. The van der Waals surface area contributed by atoms with Crippen LogP contribution in [0.3, 0.4) is 0 Å². The Morgan fingerprint density at radius 2 is 0.850 bits per heavy atom. The molecule has 0 aromatic heterocycles. The van der Waals surface area contributed by atoms with Gasteiger partial charge in [0, 0.05) is 73.2 Å². The standard InChI is InChI=1S/C30H36N4O6/c1-38-25-7-4-22(28(35)16-25)19-31-10-13-34(14-11-32-20-23-5-8-26(39-2)17-29(23)36)15-12-33-21-24-6-9-27(40-3)18-30(24)37/h4-9,16-21,35-37H,10-15H2,1-3H3. The van der Waals surface area contributed by atoms with Gasteiger partial charge in [-0.1, -0.05) is 0 Å². The Morgan fingerprint density at radius 3 is 1.10 bits per heavy atom. The van der Waals surface area contributed by atoms with E-state index < -0.39 is 0 Å². The topological polar surface area (TPSA) is 129 Å². The Labute approximate surface area is 234 Å². The first-order chi connectivity index (χ1) is 19.4. The van der Waals surface area contributed by atoms with Crippen molar-refractivity contribution in [2.45, 2.75) is 0 Å². The number of aromatic hydroxyl groups is 3. The van der Waals surface area contributed by atoms with E-state index in [2.05, 4.69) is 19.9 Å². The monoisotopic (exact) mass is 548 g/mol. The zero-order valence-electron chi connectivity index (χ0n) is 23.0. The van der Waals surface area contributed by atoms with Crippen LogP contribution in [0, 0.1) is 0 Å². The van der Waals surface area contributed by atoms with E-state index >= 15 is 0 Å². The first-order valence-electron chi connectivity index (χ1n) is 12.8. The highest BCUT2D eigenvalue weighted by Crippen LogP contribution is 2.23. The normalized spacial score (nSPS) is 11.7. The zero-order valence-corrected chi connectivity index (χ0v) is 23.0. The molecule has 0 aliphatic carbocycles. The number of phenolic OH excluding ortho intramolecular Hbond substituents is 3. The van der Waals surface area contributed by atoms with Gasteiger partial charge < -0.3 is 29.5 Å². The maximum atomic E-state index is 10.1. The van der Waals surface area contributed by atoms with Crippen LogP contribution < -0.4 is 14.2 Å². The molecule has 0 amide bonds. The van der Waals surface area contributed by atoms with Gasteiger partial charge in [-0.2, -0.15) is 0 Å². The summed E-state index contributed by atoms with van der Waals surface area (Å²) in [5.41, 5.74) is 1.83. The van der Waals surface area contributed by atoms with Crippen molar-refractivity contribution in [2.24, 2.45) is 15.0 Å². The van der Waals surface area contributed by atoms with Crippen molar-refractivity contribution in [3.63, 3.8) is 0 Å². The van der Waals surface area contributed by atoms with Crippen LogP contribution in [0.1, 0.15) is 16.7 Å². The smallest absolute Gasteiger partial charge is 0.128 e. The van der Waals surface area contributed by atoms with Crippen LogP contribution in [0.25, 0.3) is 0 Å². The molecule has 0 atom stereocenters. The van der Waals surface area contributed by atoms with Crippen molar-refractivity contribution >= 4 is 18.6 Å². The second-order valence-corrected chi connectivity index (χ2v) is 8.72. The number of benzene rings is 3. The number of ether oxygens (including phenoxy) is 3. The van der Waals surface area contributed by atoms with Crippen molar-refractivity contribution in [3.8, 4) is 34.5 Å². The summed E-state index contributed by atoms with van der Waals surface area (Å²) < 4.78 is 15.4. The Hall–Kier alpha value is -4.57. The highest BCUT2D eigenvalue weighted by molar-refractivity contribution is 5.84. The van der Waals surface area contributed by atoms with Gasteiger partial charge in [0.25, 0.3) is 0 Å². The summed E-state index contributed by atoms with van der Waals surface area (Å²) in [6.07, 6.45) is 4.92. The molecule has 0 saturated heterocycles. The number of rotatable bonds is 15. The second kappa shape index (κ2) is 15.7. The lowest BCUT2D eigenvalue weighted by Gasteiger charge is -2.19. The predicted molar refractivity (Wildman–Crippen MR) is 158 cm³/mol. The van der Waals surface area contributed by atoms with Crippen LogP contribution in [0.4, 0.5) is 0 Å². The van der Waals surface area contributed by atoms with Crippen molar-refractivity contribution in [2.75, 3.05) is 60.6 Å². The first-order valence-corrected chi connectivity index (χ1v) is 12.8. The van der Waals surface area contributed by atoms with Gasteiger partial charge in [0.05, 0.1) is 41.0 Å². The van der Waals surface area contributed by atoms with E-state index in [1.165, 1.54) is 0 Å². The summed E-state index contributed by atoms with van der Waals surface area (Å²) in [6.45, 7) is 3.49. The fourth-order valence-electron chi connectivity index (χ4n) is 3.70. The fourth-order valence-corrected chi connectivity index (χ4v) is 3.70. The SMILES string of the molecule is COc1ccc(C=NCCN(CCN=Cc2ccc(OC)cc2O)CCN=Cc2ccc(OC)cc2O)c(O)c1. The van der Waals surface area contributed by atoms with Crippen molar-refractivity contribution in [3.05, 3.63) is 71.3 Å². The van der Waals surface area contributed by atoms with E-state index in [4.69, 9.17) is 14.2 Å². The number of nitrogens with zero attached hydrogens (tertiary/aromatic N) is 4. The van der Waals surface area contributed by atoms with Gasteiger partial charge >= 0.3 is 0 Å². The van der Waals surface area contributed by atoms with Gasteiger partial charge in [0.1, 0.15) is 34.5 Å². The minimum absolute atomic E-state index is 0.104. The molecule has 10 heteroatoms. The van der Waals surface area contributed by atoms with Crippen LogP contribution in [0.5, 0.6) is 34.5 Å². The molecule has 0 aliphatic rings. The Morgan fingerprint density at radius 1 is 0.550 bits per heavy atom. The molecule has 212 valence electrons. The van der Waals surface area contributed by atoms with Gasteiger partial charge in [-0.05, 0) is 36.4 Å². The maximum Gasteiger partial charge on any atom is 0.128 e. The molecule has 0 unspecified atom stereocenters. The molecule has 0 saturated carbocycles. The van der Waals surface area contributed by atoms with Crippen LogP contribution in [-0.4, -0.2) is 99.5 Å². The first kappa shape index (κ1) is 30.0. The lowest BCUT2D eigenvalue weighted by Crippen LogP contribution is -2.31. The molecule has 0 fully saturated rings. The summed E-state index contributed by atoms with van der Waals surface area (Å²) in [5, 5.41) is 30.4. The lowest BCUT2D eigenvalue weighted by molar-refractivity contribution is 0.298. The van der Waals surface area contributed by atoms with Crippen LogP contribution in [-0.2, 0) is 0 Å². The summed E-state index contributed by atoms with van der Waals surface area (Å²) in [4.78, 5) is 15.6. The zero-order chi connectivity index (χ0) is 28.7. The molecule has 10 nitrogen and oxygen atoms in total. The van der Waals surface area contributed by atoms with E-state index in [-0.39, 0.29) is 17.2 Å². The van der Waals surface area contributed by atoms with E-state index in [1.807, 2.05) is 0 Å². The van der Waals surface area contributed by atoms with Gasteiger partial charge in [-0.3, -0.25) is 19.9 Å². The Balaban J connectivity index is 1.58. The number of methoxy groups -OCH3 is 3. The van der Waals surface area contributed by atoms with Gasteiger partial charge in [0.15, 0.2) is 0 Å². The molecule has 40 heavy (non-hydrogen) atoms. The molecule has 0 aliphatic heterocycles. The lowest BCUT2D eigenvalue weighted by atomic mass is 10.2. The minimum Gasteiger partial charge on any atom is -0.507 e. The quantitative estimate of drug-likeness (QED) is 0.247. The predicted octanol–water partition coefficient (Wildman–Crippen LogP) is 3.79. The number of aliphatic imine (C=N–C) groups is 3. The highest BCUT2D eigenvalue weighted by Gasteiger charge is 2.06. The number of hydrogen-bond acceptors (Lipinski definition) is 10. The van der Waals surface area contributed by atoms with E-state index in [1.54, 1.807) is 94.6 Å². The van der Waals surface area contributed by atoms with Crippen molar-refractivity contribution in [1.82, 2.24) is 4.90 Å². The van der Waals surface area contributed by atoms with Crippen LogP contribution in [0.15, 0.2) is 69.6 Å². The maximum absolute atomic E-state index is 10.1. The third kappa shape index (κ3) is 9.32. The third-order valence-corrected chi connectivity index (χ3v) is 6.04. The molecule has 0 radical (unpaired) electrons. The van der Waals surface area contributed by atoms with Gasteiger partial charge in [-0.15, -0.1) is 0 Å². The Bertz CT molecular complexity index is 1170. The molecular weight excluding hydrogens is 512 g/mol. The number of hydrogen-bond donors (Lipinski definition) is 3. The van der Waals surface area contributed by atoms with Crippen molar-refractivity contribution < 1.29 is 29.5 Å². The Kier molecular flexibility index (Phi) is 11.8. The largest absolute Gasteiger partial charge is 0.507 e. The summed E-state index contributed by atoms with van der Waals surface area (Å²) in [5.74, 6) is 2.04. The molecular formula is C30H36N4O6. The molecule has 3 aromatic rings. The van der Waals surface area contributed by atoms with Gasteiger partial charge in [0.2, 0.25) is 0 Å². The molecule has 3 rings (SSSR count). The van der Waals surface area contributed by atoms with E-state index in [0.29, 0.717) is 73.2 Å². The molecule has 0 heterocycles. The van der Waals surface area contributed by atoms with E-state index in [0.717, 1.165) is 0 Å². The summed E-state index contributed by atoms with van der Waals surface area (Å²) in [6, 6.07) is 15.2. The fraction of sp³-hybridized carbons (Fsp3) is 0.300. The minimum atomic E-state index is 0.104. The van der Waals surface area contributed by atoms with Crippen LogP contribution >= 0.6 is 0 Å². The number of phenols is 3. The molecule has 0 bridgehead atoms. The average molecular weight is 549 g/mol. The summed E-state index contributed by atoms with van der Waals surface area (Å²) in [7, 11) is 4.64. The highest BCUT2D eigenvalue weighted by atomic mass is 16.5. The second-order valence-electron chi connectivity index (χ2n) is 8.72. The van der Waals surface area contributed by atoms with Crippen LogP contribution in [0.2, 0.25) is 0 Å². The third-order valence-electron chi connectivity index (χ3n) is 6.04. The van der Waals surface area contributed by atoms with E-state index in [9.17, 15) is 15.3 Å². The molecule has 3 aromatic carbocycles. The summed E-state index contributed by atoms with van der Waals surface area (Å²) >= 11 is 0. The molecule has 3 N–H and O–H groups in total. The van der Waals surface area contributed by atoms with Gasteiger partial charge in [-0.25, -0.2) is 0 Å². The van der Waals surface area contributed by atoms with Crippen molar-refractivity contribution in [1.29, 1.82) is 0 Å². The average Bonchev–Trinajstić information content (AvgIpc) is 2.96.